The fourth-order valence-corrected chi connectivity index (χ4v) is 2.88. The lowest BCUT2D eigenvalue weighted by Crippen LogP contribution is -2.49. The number of para-hydroxylation sites is 1. The standard InChI is InChI=1S/C18H19FN2O4/c1-2-25-16(22)10-13-11-24-9-8-21(13)18(23)15-7-6-12-4-3-5-14(19)17(12)20-15/h3-7,13H,2,8-11H2,1H3/t13-/m1/s1. The number of morpholine rings is 1. The highest BCUT2D eigenvalue weighted by Gasteiger charge is 2.31. The minimum Gasteiger partial charge on any atom is -0.466 e. The van der Waals surface area contributed by atoms with Crippen molar-refractivity contribution in [3.8, 4) is 0 Å². The summed E-state index contributed by atoms with van der Waals surface area (Å²) >= 11 is 0. The number of hydrogen-bond acceptors (Lipinski definition) is 5. The Kier molecular flexibility index (Phi) is 5.23. The van der Waals surface area contributed by atoms with Gasteiger partial charge in [0.25, 0.3) is 5.91 Å². The number of benzene rings is 1. The third kappa shape index (κ3) is 3.76. The number of esters is 1. The number of amides is 1. The number of pyridine rings is 1. The molecule has 0 unspecified atom stereocenters. The minimum atomic E-state index is -0.475. The fraction of sp³-hybridized carbons (Fsp3) is 0.389. The topological polar surface area (TPSA) is 68.7 Å². The van der Waals surface area contributed by atoms with E-state index < -0.39 is 11.9 Å². The van der Waals surface area contributed by atoms with Gasteiger partial charge in [0.15, 0.2) is 0 Å². The number of rotatable bonds is 4. The normalized spacial score (nSPS) is 17.5. The molecule has 0 aliphatic carbocycles. The largest absolute Gasteiger partial charge is 0.466 e. The summed E-state index contributed by atoms with van der Waals surface area (Å²) in [5, 5.41) is 0.626. The van der Waals surface area contributed by atoms with Gasteiger partial charge in [-0.25, -0.2) is 9.37 Å². The fourth-order valence-electron chi connectivity index (χ4n) is 2.88. The van der Waals surface area contributed by atoms with Gasteiger partial charge in [-0.15, -0.1) is 0 Å². The van der Waals surface area contributed by atoms with Crippen LogP contribution in [0, 0.1) is 5.82 Å². The Morgan fingerprint density at radius 2 is 2.20 bits per heavy atom. The van der Waals surface area contributed by atoms with Crippen LogP contribution in [0.3, 0.4) is 0 Å². The molecular weight excluding hydrogens is 327 g/mol. The van der Waals surface area contributed by atoms with Crippen LogP contribution in [0.15, 0.2) is 30.3 Å². The van der Waals surface area contributed by atoms with Crippen molar-refractivity contribution in [2.45, 2.75) is 19.4 Å². The van der Waals surface area contributed by atoms with E-state index >= 15 is 0 Å². The molecule has 0 spiro atoms. The first-order valence-electron chi connectivity index (χ1n) is 8.19. The first-order chi connectivity index (χ1) is 12.1. The van der Waals surface area contributed by atoms with E-state index in [0.717, 1.165) is 0 Å². The number of halogens is 1. The Hall–Kier alpha value is -2.54. The van der Waals surface area contributed by atoms with Crippen LogP contribution in [0.5, 0.6) is 0 Å². The molecule has 2 aromatic rings. The van der Waals surface area contributed by atoms with Gasteiger partial charge in [0.1, 0.15) is 17.0 Å². The zero-order valence-corrected chi connectivity index (χ0v) is 13.9. The highest BCUT2D eigenvalue weighted by molar-refractivity contribution is 5.95. The quantitative estimate of drug-likeness (QED) is 0.794. The molecule has 7 heteroatoms. The molecule has 1 aliphatic heterocycles. The minimum absolute atomic E-state index is 0.0571. The molecule has 3 rings (SSSR count). The summed E-state index contributed by atoms with van der Waals surface area (Å²) in [5.74, 6) is -1.20. The van der Waals surface area contributed by atoms with Gasteiger partial charge in [0, 0.05) is 11.9 Å². The molecule has 1 aliphatic rings. The molecule has 1 aromatic carbocycles. The maximum atomic E-state index is 13.9. The molecule has 1 fully saturated rings. The van der Waals surface area contributed by atoms with Crippen LogP contribution in [0.2, 0.25) is 0 Å². The molecule has 0 saturated carbocycles. The zero-order chi connectivity index (χ0) is 17.8. The lowest BCUT2D eigenvalue weighted by atomic mass is 10.1. The van der Waals surface area contributed by atoms with Crippen molar-refractivity contribution >= 4 is 22.8 Å². The van der Waals surface area contributed by atoms with Gasteiger partial charge in [-0.2, -0.15) is 0 Å². The van der Waals surface area contributed by atoms with Crippen molar-refractivity contribution in [3.05, 3.63) is 41.8 Å². The lowest BCUT2D eigenvalue weighted by molar-refractivity contribution is -0.145. The van der Waals surface area contributed by atoms with Gasteiger partial charge >= 0.3 is 5.97 Å². The molecule has 1 aromatic heterocycles. The Balaban J connectivity index is 1.84. The van der Waals surface area contributed by atoms with Crippen molar-refractivity contribution in [3.63, 3.8) is 0 Å². The average Bonchev–Trinajstić information content (AvgIpc) is 2.62. The SMILES string of the molecule is CCOC(=O)C[C@@H]1COCCN1C(=O)c1ccc2cccc(F)c2n1. The van der Waals surface area contributed by atoms with Gasteiger partial charge in [0.05, 0.1) is 32.3 Å². The van der Waals surface area contributed by atoms with Crippen LogP contribution < -0.4 is 0 Å². The smallest absolute Gasteiger partial charge is 0.307 e. The number of carbonyl (C=O) groups excluding carboxylic acids is 2. The number of ether oxygens (including phenoxy) is 2. The number of fused-ring (bicyclic) bond motifs is 1. The second-order valence-corrected chi connectivity index (χ2v) is 5.74. The number of aromatic nitrogens is 1. The molecule has 1 atom stereocenters. The average molecular weight is 346 g/mol. The molecule has 6 nitrogen and oxygen atoms in total. The zero-order valence-electron chi connectivity index (χ0n) is 13.9. The van der Waals surface area contributed by atoms with Crippen LogP contribution in [-0.4, -0.2) is 54.2 Å². The second kappa shape index (κ2) is 7.57. The van der Waals surface area contributed by atoms with Crippen LogP contribution in [-0.2, 0) is 14.3 Å². The molecule has 0 N–H and O–H groups in total. The van der Waals surface area contributed by atoms with Crippen LogP contribution in [0.4, 0.5) is 4.39 Å². The van der Waals surface area contributed by atoms with E-state index in [2.05, 4.69) is 4.98 Å². The van der Waals surface area contributed by atoms with Crippen molar-refractivity contribution in [2.24, 2.45) is 0 Å². The molecule has 2 heterocycles. The van der Waals surface area contributed by atoms with Crippen molar-refractivity contribution in [1.82, 2.24) is 9.88 Å². The molecule has 0 radical (unpaired) electrons. The summed E-state index contributed by atoms with van der Waals surface area (Å²) in [5.41, 5.74) is 0.303. The summed E-state index contributed by atoms with van der Waals surface area (Å²) < 4.78 is 24.3. The van der Waals surface area contributed by atoms with Gasteiger partial charge < -0.3 is 14.4 Å². The molecule has 0 bridgehead atoms. The van der Waals surface area contributed by atoms with E-state index in [4.69, 9.17) is 9.47 Å². The molecule has 25 heavy (non-hydrogen) atoms. The molecular formula is C18H19FN2O4. The van der Waals surface area contributed by atoms with Crippen LogP contribution >= 0.6 is 0 Å². The highest BCUT2D eigenvalue weighted by Crippen LogP contribution is 2.19. The maximum Gasteiger partial charge on any atom is 0.307 e. The molecule has 1 amide bonds. The second-order valence-electron chi connectivity index (χ2n) is 5.74. The summed E-state index contributed by atoms with van der Waals surface area (Å²) in [4.78, 5) is 30.3. The van der Waals surface area contributed by atoms with Crippen molar-refractivity contribution in [1.29, 1.82) is 0 Å². The van der Waals surface area contributed by atoms with Crippen molar-refractivity contribution in [2.75, 3.05) is 26.4 Å². The summed E-state index contributed by atoms with van der Waals surface area (Å²) in [6.07, 6.45) is 0.0571. The van der Waals surface area contributed by atoms with E-state index in [0.29, 0.717) is 18.5 Å². The van der Waals surface area contributed by atoms with Gasteiger partial charge in [-0.05, 0) is 19.1 Å². The molecule has 132 valence electrons. The van der Waals surface area contributed by atoms with E-state index in [1.807, 2.05) is 0 Å². The van der Waals surface area contributed by atoms with Crippen LogP contribution in [0.1, 0.15) is 23.8 Å². The Morgan fingerprint density at radius 3 is 3.00 bits per heavy atom. The maximum absolute atomic E-state index is 13.9. The number of carbonyl (C=O) groups is 2. The van der Waals surface area contributed by atoms with E-state index in [1.165, 1.54) is 6.07 Å². The first-order valence-corrected chi connectivity index (χ1v) is 8.19. The lowest BCUT2D eigenvalue weighted by Gasteiger charge is -2.34. The van der Waals surface area contributed by atoms with Gasteiger partial charge in [0.2, 0.25) is 0 Å². The van der Waals surface area contributed by atoms with E-state index in [-0.39, 0.29) is 42.7 Å². The third-order valence-electron chi connectivity index (χ3n) is 4.09. The van der Waals surface area contributed by atoms with E-state index in [1.54, 1.807) is 36.1 Å². The predicted molar refractivity (Wildman–Crippen MR) is 88.6 cm³/mol. The van der Waals surface area contributed by atoms with Crippen LogP contribution in [0.25, 0.3) is 10.9 Å². The predicted octanol–water partition coefficient (Wildman–Crippen LogP) is 2.17. The summed E-state index contributed by atoms with van der Waals surface area (Å²) in [6, 6.07) is 7.46. The number of hydrogen-bond donors (Lipinski definition) is 0. The molecule has 1 saturated heterocycles. The Morgan fingerprint density at radius 1 is 1.36 bits per heavy atom. The monoisotopic (exact) mass is 346 g/mol. The van der Waals surface area contributed by atoms with Crippen molar-refractivity contribution < 1.29 is 23.5 Å². The summed E-state index contributed by atoms with van der Waals surface area (Å²) in [7, 11) is 0. The highest BCUT2D eigenvalue weighted by atomic mass is 19.1. The van der Waals surface area contributed by atoms with Gasteiger partial charge in [-0.1, -0.05) is 18.2 Å². The van der Waals surface area contributed by atoms with Gasteiger partial charge in [-0.3, -0.25) is 9.59 Å². The summed E-state index contributed by atoms with van der Waals surface area (Å²) in [6.45, 7) is 3.00. The van der Waals surface area contributed by atoms with E-state index in [9.17, 15) is 14.0 Å². The third-order valence-corrected chi connectivity index (χ3v) is 4.09. The number of nitrogens with zero attached hydrogens (tertiary/aromatic N) is 2. The Labute approximate surface area is 144 Å². The first kappa shape index (κ1) is 17.3. The Bertz CT molecular complexity index is 796.